The fourth-order valence-corrected chi connectivity index (χ4v) is 2.87. The van der Waals surface area contributed by atoms with Crippen LogP contribution in [-0.4, -0.2) is 62.8 Å². The molecule has 128 valence electrons. The van der Waals surface area contributed by atoms with Crippen LogP contribution in [0, 0.1) is 0 Å². The molecule has 2 amide bonds. The van der Waals surface area contributed by atoms with Crippen LogP contribution in [0.3, 0.4) is 0 Å². The SMILES string of the molecule is CCCN1CCN(C(=O)Nc2cc(OC)c(Cl)cc2OC)CC1. The molecule has 1 heterocycles. The molecule has 0 unspecified atom stereocenters. The maximum absolute atomic E-state index is 12.5. The van der Waals surface area contributed by atoms with E-state index in [1.54, 1.807) is 12.1 Å². The number of hydrogen-bond donors (Lipinski definition) is 1. The van der Waals surface area contributed by atoms with Crippen molar-refractivity contribution in [2.24, 2.45) is 0 Å². The summed E-state index contributed by atoms with van der Waals surface area (Å²) in [5, 5.41) is 3.33. The normalized spacial score (nSPS) is 15.4. The summed E-state index contributed by atoms with van der Waals surface area (Å²) >= 11 is 6.08. The maximum atomic E-state index is 12.5. The van der Waals surface area contributed by atoms with E-state index in [4.69, 9.17) is 21.1 Å². The van der Waals surface area contributed by atoms with Crippen molar-refractivity contribution in [3.63, 3.8) is 0 Å². The van der Waals surface area contributed by atoms with Gasteiger partial charge in [0.1, 0.15) is 11.5 Å². The highest BCUT2D eigenvalue weighted by atomic mass is 35.5. The number of rotatable bonds is 5. The summed E-state index contributed by atoms with van der Waals surface area (Å²) in [5.74, 6) is 1.00. The second-order valence-electron chi connectivity index (χ2n) is 5.45. The van der Waals surface area contributed by atoms with Crippen LogP contribution < -0.4 is 14.8 Å². The number of nitrogens with zero attached hydrogens (tertiary/aromatic N) is 2. The number of hydrogen-bond acceptors (Lipinski definition) is 4. The summed E-state index contributed by atoms with van der Waals surface area (Å²) in [6, 6.07) is 3.17. The van der Waals surface area contributed by atoms with Gasteiger partial charge in [0.15, 0.2) is 0 Å². The van der Waals surface area contributed by atoms with E-state index >= 15 is 0 Å². The second kappa shape index (κ2) is 8.26. The Morgan fingerprint density at radius 1 is 1.17 bits per heavy atom. The Hall–Kier alpha value is -1.66. The average molecular weight is 342 g/mol. The van der Waals surface area contributed by atoms with Gasteiger partial charge in [0.2, 0.25) is 0 Å². The summed E-state index contributed by atoms with van der Waals surface area (Å²) in [6.07, 6.45) is 1.13. The lowest BCUT2D eigenvalue weighted by atomic mass is 10.2. The highest BCUT2D eigenvalue weighted by Crippen LogP contribution is 2.36. The lowest BCUT2D eigenvalue weighted by Crippen LogP contribution is -2.50. The number of urea groups is 1. The van der Waals surface area contributed by atoms with Crippen molar-refractivity contribution < 1.29 is 14.3 Å². The highest BCUT2D eigenvalue weighted by molar-refractivity contribution is 6.32. The van der Waals surface area contributed by atoms with Gasteiger partial charge in [0.05, 0.1) is 24.9 Å². The first kappa shape index (κ1) is 17.7. The lowest BCUT2D eigenvalue weighted by Gasteiger charge is -2.34. The predicted octanol–water partition coefficient (Wildman–Crippen LogP) is 2.92. The van der Waals surface area contributed by atoms with Crippen LogP contribution in [0.5, 0.6) is 11.5 Å². The van der Waals surface area contributed by atoms with E-state index in [0.29, 0.717) is 22.2 Å². The molecule has 23 heavy (non-hydrogen) atoms. The number of benzene rings is 1. The summed E-state index contributed by atoms with van der Waals surface area (Å²) in [4.78, 5) is 16.6. The fraction of sp³-hybridized carbons (Fsp3) is 0.562. The van der Waals surface area contributed by atoms with Crippen LogP contribution in [0.1, 0.15) is 13.3 Å². The third kappa shape index (κ3) is 4.42. The van der Waals surface area contributed by atoms with E-state index in [1.165, 1.54) is 14.2 Å². The minimum atomic E-state index is -0.135. The van der Waals surface area contributed by atoms with E-state index in [9.17, 15) is 4.79 Å². The van der Waals surface area contributed by atoms with Crippen molar-refractivity contribution in [1.29, 1.82) is 0 Å². The molecule has 1 aromatic rings. The van der Waals surface area contributed by atoms with Gasteiger partial charge in [-0.25, -0.2) is 4.79 Å². The Labute approximate surface area is 142 Å². The minimum Gasteiger partial charge on any atom is -0.495 e. The monoisotopic (exact) mass is 341 g/mol. The third-order valence-corrected chi connectivity index (χ3v) is 4.21. The maximum Gasteiger partial charge on any atom is 0.322 e. The Kier molecular flexibility index (Phi) is 6.36. The van der Waals surface area contributed by atoms with Gasteiger partial charge in [0, 0.05) is 38.3 Å². The van der Waals surface area contributed by atoms with Gasteiger partial charge in [-0.1, -0.05) is 18.5 Å². The minimum absolute atomic E-state index is 0.135. The van der Waals surface area contributed by atoms with Crippen molar-refractivity contribution in [2.45, 2.75) is 13.3 Å². The zero-order valence-electron chi connectivity index (χ0n) is 13.9. The first-order chi connectivity index (χ1) is 11.1. The molecule has 2 rings (SSSR count). The molecule has 7 heteroatoms. The highest BCUT2D eigenvalue weighted by Gasteiger charge is 2.22. The molecule has 1 aromatic carbocycles. The predicted molar refractivity (Wildman–Crippen MR) is 91.9 cm³/mol. The summed E-state index contributed by atoms with van der Waals surface area (Å²) < 4.78 is 10.5. The van der Waals surface area contributed by atoms with Gasteiger partial charge in [-0.3, -0.25) is 4.90 Å². The summed E-state index contributed by atoms with van der Waals surface area (Å²) in [5.41, 5.74) is 0.551. The van der Waals surface area contributed by atoms with Crippen molar-refractivity contribution in [3.05, 3.63) is 17.2 Å². The van der Waals surface area contributed by atoms with Gasteiger partial charge in [-0.15, -0.1) is 0 Å². The number of carbonyl (C=O) groups excluding carboxylic acids is 1. The molecule has 0 aliphatic carbocycles. The Balaban J connectivity index is 2.03. The number of ether oxygens (including phenoxy) is 2. The summed E-state index contributed by atoms with van der Waals surface area (Å²) in [6.45, 7) is 6.50. The lowest BCUT2D eigenvalue weighted by molar-refractivity contribution is 0.147. The van der Waals surface area contributed by atoms with E-state index < -0.39 is 0 Å². The van der Waals surface area contributed by atoms with E-state index in [-0.39, 0.29) is 6.03 Å². The molecule has 0 radical (unpaired) electrons. The van der Waals surface area contributed by atoms with Gasteiger partial charge in [0.25, 0.3) is 0 Å². The van der Waals surface area contributed by atoms with Crippen LogP contribution in [0.2, 0.25) is 5.02 Å². The standard InChI is InChI=1S/C16H24ClN3O3/c1-4-5-19-6-8-20(9-7-19)16(21)18-13-11-14(22-2)12(17)10-15(13)23-3/h10-11H,4-9H2,1-3H3,(H,18,21). The smallest absolute Gasteiger partial charge is 0.322 e. The molecular formula is C16H24ClN3O3. The van der Waals surface area contributed by atoms with Crippen LogP contribution in [0.4, 0.5) is 10.5 Å². The number of amides is 2. The van der Waals surface area contributed by atoms with E-state index in [0.717, 1.165) is 39.1 Å². The van der Waals surface area contributed by atoms with Crippen LogP contribution in [0.15, 0.2) is 12.1 Å². The molecule has 0 atom stereocenters. The second-order valence-corrected chi connectivity index (χ2v) is 5.85. The van der Waals surface area contributed by atoms with Crippen molar-refractivity contribution >= 4 is 23.3 Å². The zero-order valence-corrected chi connectivity index (χ0v) is 14.7. The molecule has 0 spiro atoms. The quantitative estimate of drug-likeness (QED) is 0.894. The van der Waals surface area contributed by atoms with E-state index in [1.807, 2.05) is 4.90 Å². The van der Waals surface area contributed by atoms with Gasteiger partial charge >= 0.3 is 6.03 Å². The first-order valence-corrected chi connectivity index (χ1v) is 8.16. The molecule has 1 fully saturated rings. The van der Waals surface area contributed by atoms with Crippen molar-refractivity contribution in [2.75, 3.05) is 52.3 Å². The average Bonchev–Trinajstić information content (AvgIpc) is 2.56. The molecule has 1 aliphatic rings. The Morgan fingerprint density at radius 2 is 1.83 bits per heavy atom. The molecule has 1 N–H and O–H groups in total. The number of carbonyl (C=O) groups is 1. The molecule has 0 saturated carbocycles. The van der Waals surface area contributed by atoms with Crippen molar-refractivity contribution in [1.82, 2.24) is 9.80 Å². The van der Waals surface area contributed by atoms with Gasteiger partial charge in [-0.05, 0) is 13.0 Å². The van der Waals surface area contributed by atoms with Crippen LogP contribution in [-0.2, 0) is 0 Å². The fourth-order valence-electron chi connectivity index (χ4n) is 2.64. The van der Waals surface area contributed by atoms with E-state index in [2.05, 4.69) is 17.1 Å². The number of anilines is 1. The van der Waals surface area contributed by atoms with Gasteiger partial charge < -0.3 is 19.7 Å². The molecule has 0 bridgehead atoms. The number of nitrogens with one attached hydrogen (secondary N) is 1. The topological polar surface area (TPSA) is 54.0 Å². The number of methoxy groups -OCH3 is 2. The molecule has 0 aromatic heterocycles. The summed E-state index contributed by atoms with van der Waals surface area (Å²) in [7, 11) is 3.07. The molecular weight excluding hydrogens is 318 g/mol. The van der Waals surface area contributed by atoms with Crippen LogP contribution >= 0.6 is 11.6 Å². The Bertz CT molecular complexity index is 546. The van der Waals surface area contributed by atoms with Crippen LogP contribution in [0.25, 0.3) is 0 Å². The first-order valence-electron chi connectivity index (χ1n) is 7.78. The third-order valence-electron chi connectivity index (χ3n) is 3.91. The van der Waals surface area contributed by atoms with Gasteiger partial charge in [-0.2, -0.15) is 0 Å². The largest absolute Gasteiger partial charge is 0.495 e. The number of halogens is 1. The molecule has 1 aliphatic heterocycles. The molecule has 1 saturated heterocycles. The van der Waals surface area contributed by atoms with Crippen molar-refractivity contribution in [3.8, 4) is 11.5 Å². The Morgan fingerprint density at radius 3 is 2.39 bits per heavy atom. The zero-order chi connectivity index (χ0) is 16.8. The number of piperazine rings is 1. The molecule has 6 nitrogen and oxygen atoms in total.